The van der Waals surface area contributed by atoms with Crippen LogP contribution in [0.4, 0.5) is 28.6 Å². The van der Waals surface area contributed by atoms with Gasteiger partial charge in [-0.1, -0.05) is 32.0 Å². The number of nitrogens with two attached hydrogens (primary N) is 1. The highest BCUT2D eigenvalue weighted by molar-refractivity contribution is 7.90. The number of para-hydroxylation sites is 2. The first-order valence-corrected chi connectivity index (χ1v) is 13.6. The van der Waals surface area contributed by atoms with E-state index < -0.39 is 9.84 Å². The van der Waals surface area contributed by atoms with Gasteiger partial charge < -0.3 is 21.1 Å². The van der Waals surface area contributed by atoms with E-state index in [0.29, 0.717) is 39.8 Å². The molecule has 5 N–H and O–H groups in total. The van der Waals surface area contributed by atoms with Gasteiger partial charge in [0.2, 0.25) is 0 Å². The van der Waals surface area contributed by atoms with E-state index in [1.807, 2.05) is 38.1 Å². The first-order valence-electron chi connectivity index (χ1n) is 11.7. The molecule has 0 saturated heterocycles. The van der Waals surface area contributed by atoms with Crippen molar-refractivity contribution in [1.82, 2.24) is 4.98 Å². The number of sulfone groups is 1. The molecule has 0 saturated carbocycles. The molecule has 1 aromatic heterocycles. The zero-order valence-electron chi connectivity index (χ0n) is 21.2. The summed E-state index contributed by atoms with van der Waals surface area (Å²) < 4.78 is 29.1. The number of nitrogens with zero attached hydrogens (tertiary/aromatic N) is 1. The summed E-state index contributed by atoms with van der Waals surface area (Å²) in [5, 5.41) is 15.2. The molecular weight excluding hydrogens is 486 g/mol. The zero-order valence-corrected chi connectivity index (χ0v) is 22.1. The SMILES string of the molecule is CC.COc1ccccc1Nc1cc(C(=N)c2cc(Nc3cccc(S(C)(=O)=O)c3)ccc2N)ccn1. The summed E-state index contributed by atoms with van der Waals surface area (Å²) in [7, 11) is -1.73. The predicted octanol–water partition coefficient (Wildman–Crippen LogP) is 6.01. The largest absolute Gasteiger partial charge is 0.495 e. The average Bonchev–Trinajstić information content (AvgIpc) is 2.91. The van der Waals surface area contributed by atoms with E-state index in [-0.39, 0.29) is 10.6 Å². The van der Waals surface area contributed by atoms with Crippen LogP contribution < -0.4 is 21.1 Å². The number of anilines is 5. The van der Waals surface area contributed by atoms with Gasteiger partial charge in [-0.2, -0.15) is 0 Å². The molecule has 0 fully saturated rings. The Balaban J connectivity index is 0.00000186. The number of hydrogen-bond donors (Lipinski definition) is 4. The van der Waals surface area contributed by atoms with E-state index in [1.54, 1.807) is 67.9 Å². The lowest BCUT2D eigenvalue weighted by atomic mass is 10.0. The van der Waals surface area contributed by atoms with Gasteiger partial charge in [0, 0.05) is 40.6 Å². The first-order chi connectivity index (χ1) is 17.7. The fourth-order valence-electron chi connectivity index (χ4n) is 3.52. The Hall–Kier alpha value is -4.37. The summed E-state index contributed by atoms with van der Waals surface area (Å²) in [6, 6.07) is 22.8. The number of rotatable bonds is 8. The number of nitrogens with one attached hydrogen (secondary N) is 3. The van der Waals surface area contributed by atoms with Crippen LogP contribution in [0.5, 0.6) is 5.75 Å². The van der Waals surface area contributed by atoms with Crippen molar-refractivity contribution in [1.29, 1.82) is 5.41 Å². The van der Waals surface area contributed by atoms with Crippen LogP contribution in [-0.4, -0.2) is 32.5 Å². The third-order valence-electron chi connectivity index (χ3n) is 5.29. The van der Waals surface area contributed by atoms with Crippen LogP contribution in [0.15, 0.2) is 90.0 Å². The molecule has 37 heavy (non-hydrogen) atoms. The molecular formula is C28H31N5O3S. The Bertz CT molecular complexity index is 1500. The fraction of sp³-hybridized carbons (Fsp3) is 0.143. The first kappa shape index (κ1) is 27.2. The van der Waals surface area contributed by atoms with Crippen LogP contribution in [0.2, 0.25) is 0 Å². The lowest BCUT2D eigenvalue weighted by Crippen LogP contribution is -2.07. The molecule has 0 atom stereocenters. The van der Waals surface area contributed by atoms with Crippen molar-refractivity contribution in [2.24, 2.45) is 0 Å². The molecule has 8 nitrogen and oxygen atoms in total. The summed E-state index contributed by atoms with van der Waals surface area (Å²) in [5.74, 6) is 1.24. The summed E-state index contributed by atoms with van der Waals surface area (Å²) in [5.41, 5.74) is 10.1. The third-order valence-corrected chi connectivity index (χ3v) is 6.40. The summed E-state index contributed by atoms with van der Waals surface area (Å²) in [4.78, 5) is 4.57. The van der Waals surface area contributed by atoms with E-state index in [9.17, 15) is 8.42 Å². The van der Waals surface area contributed by atoms with E-state index in [4.69, 9.17) is 15.9 Å². The van der Waals surface area contributed by atoms with Crippen LogP contribution in [0, 0.1) is 5.41 Å². The number of pyridine rings is 1. The molecule has 0 aliphatic carbocycles. The fourth-order valence-corrected chi connectivity index (χ4v) is 4.18. The molecule has 0 aliphatic rings. The number of methoxy groups -OCH3 is 1. The lowest BCUT2D eigenvalue weighted by molar-refractivity contribution is 0.417. The van der Waals surface area contributed by atoms with Crippen LogP contribution >= 0.6 is 0 Å². The van der Waals surface area contributed by atoms with Crippen molar-refractivity contribution >= 4 is 44.1 Å². The van der Waals surface area contributed by atoms with E-state index >= 15 is 0 Å². The van der Waals surface area contributed by atoms with Crippen molar-refractivity contribution in [3.05, 3.63) is 96.2 Å². The van der Waals surface area contributed by atoms with Gasteiger partial charge in [-0.25, -0.2) is 13.4 Å². The van der Waals surface area contributed by atoms with Gasteiger partial charge in [-0.05, 0) is 60.7 Å². The molecule has 3 aromatic carbocycles. The van der Waals surface area contributed by atoms with E-state index in [0.717, 1.165) is 5.69 Å². The molecule has 4 aromatic rings. The molecule has 0 amide bonds. The molecule has 192 valence electrons. The minimum atomic E-state index is -3.33. The Morgan fingerprint density at radius 3 is 2.38 bits per heavy atom. The molecule has 0 bridgehead atoms. The van der Waals surface area contributed by atoms with Crippen molar-refractivity contribution < 1.29 is 13.2 Å². The van der Waals surface area contributed by atoms with Gasteiger partial charge in [0.15, 0.2) is 9.84 Å². The van der Waals surface area contributed by atoms with Gasteiger partial charge in [0.25, 0.3) is 0 Å². The summed E-state index contributed by atoms with van der Waals surface area (Å²) in [6.45, 7) is 4.00. The monoisotopic (exact) mass is 517 g/mol. The van der Waals surface area contributed by atoms with Crippen molar-refractivity contribution in [2.45, 2.75) is 18.7 Å². The van der Waals surface area contributed by atoms with Crippen LogP contribution in [-0.2, 0) is 9.84 Å². The third kappa shape index (κ3) is 6.86. The van der Waals surface area contributed by atoms with Gasteiger partial charge >= 0.3 is 0 Å². The number of ether oxygens (including phenoxy) is 1. The highest BCUT2D eigenvalue weighted by Crippen LogP contribution is 2.28. The number of aromatic nitrogens is 1. The number of hydrogen-bond acceptors (Lipinski definition) is 8. The van der Waals surface area contributed by atoms with Gasteiger partial charge in [0.1, 0.15) is 11.6 Å². The molecule has 0 spiro atoms. The second-order valence-electron chi connectivity index (χ2n) is 7.86. The van der Waals surface area contributed by atoms with E-state index in [2.05, 4.69) is 15.6 Å². The number of nitrogen functional groups attached to an aromatic ring is 1. The Kier molecular flexibility index (Phi) is 8.86. The molecule has 0 aliphatic heterocycles. The molecule has 1 heterocycles. The topological polar surface area (TPSA) is 130 Å². The highest BCUT2D eigenvalue weighted by Gasteiger charge is 2.13. The molecule has 4 rings (SSSR count). The maximum Gasteiger partial charge on any atom is 0.175 e. The van der Waals surface area contributed by atoms with E-state index in [1.165, 1.54) is 6.26 Å². The van der Waals surface area contributed by atoms with Crippen LogP contribution in [0.1, 0.15) is 25.0 Å². The number of benzene rings is 3. The van der Waals surface area contributed by atoms with Crippen LogP contribution in [0.25, 0.3) is 0 Å². The smallest absolute Gasteiger partial charge is 0.175 e. The molecule has 9 heteroatoms. The summed E-state index contributed by atoms with van der Waals surface area (Å²) in [6.07, 6.45) is 2.79. The van der Waals surface area contributed by atoms with Crippen molar-refractivity contribution in [3.8, 4) is 5.75 Å². The van der Waals surface area contributed by atoms with Gasteiger partial charge in [0.05, 0.1) is 23.4 Å². The van der Waals surface area contributed by atoms with Gasteiger partial charge in [-0.3, -0.25) is 5.41 Å². The summed E-state index contributed by atoms with van der Waals surface area (Å²) >= 11 is 0. The normalized spacial score (nSPS) is 10.6. The second kappa shape index (κ2) is 12.0. The Morgan fingerprint density at radius 1 is 0.919 bits per heavy atom. The molecule has 0 unspecified atom stereocenters. The molecule has 0 radical (unpaired) electrons. The minimum Gasteiger partial charge on any atom is -0.495 e. The predicted molar refractivity (Wildman–Crippen MR) is 151 cm³/mol. The van der Waals surface area contributed by atoms with Crippen molar-refractivity contribution in [3.63, 3.8) is 0 Å². The van der Waals surface area contributed by atoms with Crippen LogP contribution in [0.3, 0.4) is 0 Å². The lowest BCUT2D eigenvalue weighted by Gasteiger charge is -2.14. The maximum atomic E-state index is 11.9. The van der Waals surface area contributed by atoms with Gasteiger partial charge in [-0.15, -0.1) is 0 Å². The standard InChI is InChI=1S/C26H25N5O3S.C2H6/c1-34-24-9-4-3-8-23(24)31-25-14-17(12-13-29-25)26(28)21-16-19(10-11-22(21)27)30-18-6-5-7-20(15-18)35(2,32)33;1-2/h3-16,28,30H,27H2,1-2H3,(H,29,31);1-2H3. The van der Waals surface area contributed by atoms with Crippen molar-refractivity contribution in [2.75, 3.05) is 29.7 Å². The quantitative estimate of drug-likeness (QED) is 0.166. The zero-order chi connectivity index (χ0) is 27.0. The Morgan fingerprint density at radius 2 is 1.65 bits per heavy atom. The second-order valence-corrected chi connectivity index (χ2v) is 9.87. The maximum absolute atomic E-state index is 11.9. The average molecular weight is 518 g/mol. The highest BCUT2D eigenvalue weighted by atomic mass is 32.2. The Labute approximate surface area is 218 Å². The minimum absolute atomic E-state index is 0.220.